The van der Waals surface area contributed by atoms with Crippen LogP contribution < -0.4 is 5.43 Å². The van der Waals surface area contributed by atoms with Gasteiger partial charge in [0.2, 0.25) is 5.43 Å². The maximum Gasteiger partial charge on any atom is 0.200 e. The van der Waals surface area contributed by atoms with Crippen molar-refractivity contribution in [2.24, 2.45) is 0 Å². The molecule has 2 heterocycles. The molecule has 0 bridgehead atoms. The van der Waals surface area contributed by atoms with E-state index in [0.29, 0.717) is 5.56 Å². The molecule has 158 valence electrons. The molecule has 0 radical (unpaired) electrons. The predicted molar refractivity (Wildman–Crippen MR) is 104 cm³/mol. The standard InChI is InChI=1S/C21H20O9/c22-7-14-17(26)18(27)19(28)21(30-14)15-13(24)6-5-11-16(25)12(8-29-20(11)15)9-1-3-10(23)4-2-9/h1-6,8,14,17-19,21-24,26-28H,7H2/t14-,17+,18-,19-,21+/m1/s1. The average Bonchev–Trinajstić information content (AvgIpc) is 2.74. The molecule has 0 saturated carbocycles. The van der Waals surface area contributed by atoms with Gasteiger partial charge in [0.15, 0.2) is 0 Å². The molecule has 0 unspecified atom stereocenters. The Labute approximate surface area is 169 Å². The van der Waals surface area contributed by atoms with E-state index >= 15 is 0 Å². The smallest absolute Gasteiger partial charge is 0.200 e. The Bertz CT molecular complexity index is 1120. The van der Waals surface area contributed by atoms with Gasteiger partial charge in [0, 0.05) is 0 Å². The third kappa shape index (κ3) is 3.22. The molecule has 6 N–H and O–H groups in total. The van der Waals surface area contributed by atoms with Gasteiger partial charge in [-0.2, -0.15) is 0 Å². The van der Waals surface area contributed by atoms with E-state index in [1.807, 2.05) is 0 Å². The summed E-state index contributed by atoms with van der Waals surface area (Å²) >= 11 is 0. The van der Waals surface area contributed by atoms with Crippen LogP contribution in [0, 0.1) is 0 Å². The molecule has 1 aliphatic heterocycles. The van der Waals surface area contributed by atoms with E-state index in [0.717, 1.165) is 0 Å². The van der Waals surface area contributed by atoms with Crippen LogP contribution in [-0.4, -0.2) is 61.7 Å². The first-order valence-electron chi connectivity index (χ1n) is 9.20. The van der Waals surface area contributed by atoms with Crippen molar-refractivity contribution in [2.75, 3.05) is 6.61 Å². The molecule has 0 amide bonds. The number of aromatic hydroxyl groups is 2. The van der Waals surface area contributed by atoms with Crippen molar-refractivity contribution in [3.8, 4) is 22.6 Å². The molecule has 9 heteroatoms. The summed E-state index contributed by atoms with van der Waals surface area (Å²) in [5, 5.41) is 59.8. The number of aliphatic hydroxyl groups is 4. The molecule has 0 aliphatic carbocycles. The van der Waals surface area contributed by atoms with Crippen LogP contribution in [0.3, 0.4) is 0 Å². The first-order valence-corrected chi connectivity index (χ1v) is 9.20. The molecule has 0 spiro atoms. The normalized spacial score (nSPS) is 26.7. The van der Waals surface area contributed by atoms with Gasteiger partial charge in [-0.25, -0.2) is 0 Å². The number of phenols is 2. The third-order valence-corrected chi connectivity index (χ3v) is 5.31. The van der Waals surface area contributed by atoms with E-state index in [1.54, 1.807) is 12.1 Å². The Morgan fingerprint density at radius 3 is 2.27 bits per heavy atom. The van der Waals surface area contributed by atoms with Gasteiger partial charge in [-0.15, -0.1) is 0 Å². The van der Waals surface area contributed by atoms with Gasteiger partial charge in [-0.3, -0.25) is 4.79 Å². The molecule has 30 heavy (non-hydrogen) atoms. The van der Waals surface area contributed by atoms with E-state index in [9.17, 15) is 35.4 Å². The van der Waals surface area contributed by atoms with Crippen LogP contribution in [0.25, 0.3) is 22.1 Å². The van der Waals surface area contributed by atoms with Crippen LogP contribution >= 0.6 is 0 Å². The van der Waals surface area contributed by atoms with Crippen LogP contribution in [0.15, 0.2) is 51.9 Å². The molecule has 1 saturated heterocycles. The Morgan fingerprint density at radius 2 is 1.60 bits per heavy atom. The van der Waals surface area contributed by atoms with Crippen LogP contribution in [0.4, 0.5) is 0 Å². The monoisotopic (exact) mass is 416 g/mol. The maximum atomic E-state index is 13.0. The van der Waals surface area contributed by atoms with Crippen LogP contribution in [0.5, 0.6) is 11.5 Å². The summed E-state index contributed by atoms with van der Waals surface area (Å²) in [6, 6.07) is 8.54. The highest BCUT2D eigenvalue weighted by Gasteiger charge is 2.45. The second-order valence-electron chi connectivity index (χ2n) is 7.15. The Morgan fingerprint density at radius 1 is 0.900 bits per heavy atom. The predicted octanol–water partition coefficient (Wildman–Crippen LogP) is 0.386. The highest BCUT2D eigenvalue weighted by molar-refractivity contribution is 5.86. The quantitative estimate of drug-likeness (QED) is 0.355. The number of rotatable bonds is 3. The lowest BCUT2D eigenvalue weighted by atomic mass is 9.89. The first kappa shape index (κ1) is 20.3. The van der Waals surface area contributed by atoms with Crippen LogP contribution in [-0.2, 0) is 4.74 Å². The summed E-state index contributed by atoms with van der Waals surface area (Å²) in [6.07, 6.45) is -6.24. The minimum Gasteiger partial charge on any atom is -0.508 e. The fourth-order valence-electron chi connectivity index (χ4n) is 3.67. The summed E-state index contributed by atoms with van der Waals surface area (Å²) in [5.74, 6) is -0.314. The number of ether oxygens (including phenoxy) is 1. The van der Waals surface area contributed by atoms with Gasteiger partial charge in [0.25, 0.3) is 0 Å². The van der Waals surface area contributed by atoms with Crippen LogP contribution in [0.1, 0.15) is 11.7 Å². The van der Waals surface area contributed by atoms with Gasteiger partial charge in [-0.05, 0) is 29.8 Å². The van der Waals surface area contributed by atoms with Crippen molar-refractivity contribution in [1.29, 1.82) is 0 Å². The van der Waals surface area contributed by atoms with Crippen molar-refractivity contribution in [3.05, 3.63) is 58.4 Å². The minimum atomic E-state index is -1.65. The summed E-state index contributed by atoms with van der Waals surface area (Å²) in [5.41, 5.74) is 0.150. The minimum absolute atomic E-state index is 0.0405. The molecular weight excluding hydrogens is 396 g/mol. The topological polar surface area (TPSA) is 161 Å². The van der Waals surface area contributed by atoms with Gasteiger partial charge in [0.1, 0.15) is 53.9 Å². The fraction of sp³-hybridized carbons (Fsp3) is 0.286. The summed E-state index contributed by atoms with van der Waals surface area (Å²) in [7, 11) is 0. The van der Waals surface area contributed by atoms with Crippen molar-refractivity contribution in [1.82, 2.24) is 0 Å². The van der Waals surface area contributed by atoms with Crippen LogP contribution in [0.2, 0.25) is 0 Å². The SMILES string of the molecule is O=c1c(-c2ccc(O)cc2)coc2c([C@@H]3O[C@H](CO)[C@H](O)[C@@H](O)[C@H]3O)c(O)ccc12. The molecule has 1 aromatic heterocycles. The molecule has 1 fully saturated rings. The zero-order valence-electron chi connectivity index (χ0n) is 15.5. The number of phenolic OH excluding ortho intramolecular Hbond substituents is 2. The molecule has 3 aromatic rings. The van der Waals surface area contributed by atoms with Crippen molar-refractivity contribution in [3.63, 3.8) is 0 Å². The first-order chi connectivity index (χ1) is 14.3. The highest BCUT2D eigenvalue weighted by atomic mass is 16.5. The number of hydrogen-bond acceptors (Lipinski definition) is 9. The average molecular weight is 416 g/mol. The molecule has 4 rings (SSSR count). The number of hydrogen-bond donors (Lipinski definition) is 6. The van der Waals surface area contributed by atoms with Gasteiger partial charge in [0.05, 0.1) is 23.1 Å². The maximum absolute atomic E-state index is 13.0. The van der Waals surface area contributed by atoms with E-state index in [2.05, 4.69) is 0 Å². The molecular formula is C21H20O9. The van der Waals surface area contributed by atoms with Crippen molar-refractivity contribution in [2.45, 2.75) is 30.5 Å². The molecule has 9 nitrogen and oxygen atoms in total. The Hall–Kier alpha value is -2.95. The lowest BCUT2D eigenvalue weighted by molar-refractivity contribution is -0.231. The van der Waals surface area contributed by atoms with E-state index in [1.165, 1.54) is 30.5 Å². The van der Waals surface area contributed by atoms with Crippen molar-refractivity contribution >= 4 is 11.0 Å². The summed E-state index contributed by atoms with van der Waals surface area (Å²) in [6.45, 7) is -0.637. The summed E-state index contributed by atoms with van der Waals surface area (Å²) < 4.78 is 11.1. The fourth-order valence-corrected chi connectivity index (χ4v) is 3.67. The molecule has 2 aromatic carbocycles. The van der Waals surface area contributed by atoms with Gasteiger partial charge in [-0.1, -0.05) is 12.1 Å². The van der Waals surface area contributed by atoms with Gasteiger partial charge < -0.3 is 39.8 Å². The number of fused-ring (bicyclic) bond motifs is 1. The third-order valence-electron chi connectivity index (χ3n) is 5.31. The lowest BCUT2D eigenvalue weighted by Gasteiger charge is -2.40. The van der Waals surface area contributed by atoms with E-state index < -0.39 is 42.6 Å². The second-order valence-corrected chi connectivity index (χ2v) is 7.15. The summed E-state index contributed by atoms with van der Waals surface area (Å²) in [4.78, 5) is 13.0. The zero-order chi connectivity index (χ0) is 21.6. The van der Waals surface area contributed by atoms with E-state index in [-0.39, 0.29) is 33.6 Å². The second kappa shape index (κ2) is 7.71. The zero-order valence-corrected chi connectivity index (χ0v) is 15.5. The largest absolute Gasteiger partial charge is 0.508 e. The highest BCUT2D eigenvalue weighted by Crippen LogP contribution is 2.40. The number of aliphatic hydroxyl groups excluding tert-OH is 4. The Balaban J connectivity index is 1.87. The van der Waals surface area contributed by atoms with E-state index in [4.69, 9.17) is 9.15 Å². The van der Waals surface area contributed by atoms with Gasteiger partial charge >= 0.3 is 0 Å². The van der Waals surface area contributed by atoms with Crippen molar-refractivity contribution < 1.29 is 39.8 Å². The molecule has 1 aliphatic rings. The lowest BCUT2D eigenvalue weighted by Crippen LogP contribution is -2.55. The molecule has 5 atom stereocenters. The number of benzene rings is 2. The Kier molecular flexibility index (Phi) is 5.22.